The first-order valence-corrected chi connectivity index (χ1v) is 7.09. The van der Waals surface area contributed by atoms with Crippen LogP contribution in [0.4, 0.5) is 0 Å². The number of fused-ring (bicyclic) bond motifs is 1. The van der Waals surface area contributed by atoms with Crippen molar-refractivity contribution in [3.63, 3.8) is 0 Å². The second-order valence-corrected chi connectivity index (χ2v) is 6.05. The van der Waals surface area contributed by atoms with E-state index in [1.807, 2.05) is 20.0 Å². The van der Waals surface area contributed by atoms with Crippen molar-refractivity contribution in [2.75, 3.05) is 0 Å². The van der Waals surface area contributed by atoms with Gasteiger partial charge in [-0.2, -0.15) is 5.10 Å². The van der Waals surface area contributed by atoms with Crippen molar-refractivity contribution in [3.05, 3.63) is 38.8 Å². The summed E-state index contributed by atoms with van der Waals surface area (Å²) in [6.45, 7) is 1.95. The maximum atomic E-state index is 12.3. The van der Waals surface area contributed by atoms with Crippen LogP contribution in [0.5, 0.6) is 0 Å². The molecule has 0 spiro atoms. The Labute approximate surface area is 110 Å². The molecule has 4 heteroatoms. The average molecular weight is 260 g/mol. The van der Waals surface area contributed by atoms with Gasteiger partial charge in [-0.05, 0) is 43.9 Å². The maximum Gasteiger partial charge on any atom is 0.178 e. The smallest absolute Gasteiger partial charge is 0.178 e. The second kappa shape index (κ2) is 4.35. The van der Waals surface area contributed by atoms with E-state index >= 15 is 0 Å². The minimum atomic E-state index is 0.220. The summed E-state index contributed by atoms with van der Waals surface area (Å²) in [5, 5.41) is 4.28. The summed E-state index contributed by atoms with van der Waals surface area (Å²) in [6.07, 6.45) is 4.00. The molecule has 1 aliphatic rings. The number of hydrogen-bond donors (Lipinski definition) is 0. The molecule has 0 saturated heterocycles. The number of nitrogens with zero attached hydrogens (tertiary/aromatic N) is 2. The zero-order valence-electron chi connectivity index (χ0n) is 10.7. The van der Waals surface area contributed by atoms with Crippen LogP contribution >= 0.6 is 11.3 Å². The Bertz CT molecular complexity index is 588. The average Bonchev–Trinajstić information content (AvgIpc) is 2.93. The Morgan fingerprint density at radius 2 is 2.28 bits per heavy atom. The lowest BCUT2D eigenvalue weighted by Crippen LogP contribution is -2.06. The first-order valence-electron chi connectivity index (χ1n) is 6.28. The zero-order valence-corrected chi connectivity index (χ0v) is 11.5. The normalized spacial score (nSPS) is 13.9. The van der Waals surface area contributed by atoms with Crippen LogP contribution in [0.1, 0.15) is 37.9 Å². The Morgan fingerprint density at radius 3 is 2.94 bits per heavy atom. The largest absolute Gasteiger partial charge is 0.293 e. The van der Waals surface area contributed by atoms with Crippen LogP contribution in [0.25, 0.3) is 0 Å². The van der Waals surface area contributed by atoms with E-state index in [1.54, 1.807) is 16.0 Å². The highest BCUT2D eigenvalue weighted by Crippen LogP contribution is 2.31. The number of hydrogen-bond acceptors (Lipinski definition) is 3. The molecule has 3 rings (SSSR count). The monoisotopic (exact) mass is 260 g/mol. The van der Waals surface area contributed by atoms with Gasteiger partial charge in [-0.3, -0.25) is 9.48 Å². The first-order chi connectivity index (χ1) is 8.63. The van der Waals surface area contributed by atoms with Crippen molar-refractivity contribution in [2.45, 2.75) is 32.6 Å². The molecular formula is C14H16N2OS. The van der Waals surface area contributed by atoms with Gasteiger partial charge in [0.15, 0.2) is 5.78 Å². The van der Waals surface area contributed by atoms with Gasteiger partial charge in [0, 0.05) is 17.6 Å². The predicted molar refractivity (Wildman–Crippen MR) is 72.3 cm³/mol. The standard InChI is InChI=1S/C14H16N2OS/c1-9-6-11(16(2)15-9)8-12(17)14-7-10-4-3-5-13(10)18-14/h6-7H,3-5,8H2,1-2H3. The molecule has 0 amide bonds. The van der Waals surface area contributed by atoms with Crippen LogP contribution in [0.2, 0.25) is 0 Å². The summed E-state index contributed by atoms with van der Waals surface area (Å²) in [4.78, 5) is 14.6. The van der Waals surface area contributed by atoms with E-state index in [-0.39, 0.29) is 5.78 Å². The predicted octanol–water partition coefficient (Wildman–Crippen LogP) is 2.70. The molecule has 2 aromatic rings. The van der Waals surface area contributed by atoms with E-state index in [0.717, 1.165) is 29.1 Å². The minimum Gasteiger partial charge on any atom is -0.293 e. The lowest BCUT2D eigenvalue weighted by atomic mass is 10.1. The summed E-state index contributed by atoms with van der Waals surface area (Å²) in [6, 6.07) is 4.08. The number of carbonyl (C=O) groups is 1. The van der Waals surface area contributed by atoms with Gasteiger partial charge >= 0.3 is 0 Å². The Kier molecular flexibility index (Phi) is 2.82. The number of carbonyl (C=O) groups excluding carboxylic acids is 1. The summed E-state index contributed by atoms with van der Waals surface area (Å²) in [5.74, 6) is 0.220. The molecule has 0 aliphatic heterocycles. The van der Waals surface area contributed by atoms with Crippen molar-refractivity contribution in [1.29, 1.82) is 0 Å². The highest BCUT2D eigenvalue weighted by Gasteiger charge is 2.19. The van der Waals surface area contributed by atoms with Gasteiger partial charge in [0.25, 0.3) is 0 Å². The van der Waals surface area contributed by atoms with Gasteiger partial charge in [0.05, 0.1) is 17.0 Å². The number of aromatic nitrogens is 2. The highest BCUT2D eigenvalue weighted by atomic mass is 32.1. The van der Waals surface area contributed by atoms with Gasteiger partial charge in [-0.1, -0.05) is 0 Å². The van der Waals surface area contributed by atoms with Gasteiger partial charge in [0.2, 0.25) is 0 Å². The van der Waals surface area contributed by atoms with E-state index in [4.69, 9.17) is 0 Å². The summed E-state index contributed by atoms with van der Waals surface area (Å²) >= 11 is 1.68. The van der Waals surface area contributed by atoms with Gasteiger partial charge in [-0.25, -0.2) is 0 Å². The molecule has 94 valence electrons. The molecule has 0 atom stereocenters. The fraction of sp³-hybridized carbons (Fsp3) is 0.429. The molecule has 0 radical (unpaired) electrons. The Hall–Kier alpha value is -1.42. The lowest BCUT2D eigenvalue weighted by molar-refractivity contribution is 0.0994. The molecular weight excluding hydrogens is 244 g/mol. The summed E-state index contributed by atoms with van der Waals surface area (Å²) in [5.41, 5.74) is 3.35. The third-order valence-electron chi connectivity index (χ3n) is 3.46. The number of Topliss-reactive ketones (excluding diaryl/α,β-unsaturated/α-hetero) is 1. The van der Waals surface area contributed by atoms with Crippen molar-refractivity contribution in [3.8, 4) is 0 Å². The molecule has 2 aromatic heterocycles. The third-order valence-corrected chi connectivity index (χ3v) is 4.74. The van der Waals surface area contributed by atoms with E-state index in [2.05, 4.69) is 11.2 Å². The Balaban J connectivity index is 1.80. The van der Waals surface area contributed by atoms with Crippen molar-refractivity contribution < 1.29 is 4.79 Å². The molecule has 0 N–H and O–H groups in total. The van der Waals surface area contributed by atoms with E-state index < -0.39 is 0 Å². The quantitative estimate of drug-likeness (QED) is 0.795. The molecule has 0 unspecified atom stereocenters. The number of thiophene rings is 1. The molecule has 18 heavy (non-hydrogen) atoms. The molecule has 0 aromatic carbocycles. The first kappa shape index (κ1) is 11.7. The van der Waals surface area contributed by atoms with Crippen molar-refractivity contribution >= 4 is 17.1 Å². The van der Waals surface area contributed by atoms with E-state index in [1.165, 1.54) is 16.9 Å². The van der Waals surface area contributed by atoms with Crippen LogP contribution in [0.15, 0.2) is 12.1 Å². The fourth-order valence-electron chi connectivity index (χ4n) is 2.55. The summed E-state index contributed by atoms with van der Waals surface area (Å²) < 4.78 is 1.80. The lowest BCUT2D eigenvalue weighted by Gasteiger charge is -1.99. The Morgan fingerprint density at radius 1 is 1.44 bits per heavy atom. The van der Waals surface area contributed by atoms with Crippen LogP contribution in [0.3, 0.4) is 0 Å². The number of ketones is 1. The van der Waals surface area contributed by atoms with E-state index in [0.29, 0.717) is 6.42 Å². The number of aryl methyl sites for hydroxylation is 4. The molecule has 1 aliphatic carbocycles. The van der Waals surface area contributed by atoms with Crippen LogP contribution < -0.4 is 0 Å². The van der Waals surface area contributed by atoms with Crippen LogP contribution in [-0.2, 0) is 26.3 Å². The minimum absolute atomic E-state index is 0.220. The molecule has 3 nitrogen and oxygen atoms in total. The summed E-state index contributed by atoms with van der Waals surface area (Å²) in [7, 11) is 1.89. The second-order valence-electron chi connectivity index (χ2n) is 4.91. The van der Waals surface area contributed by atoms with Crippen LogP contribution in [-0.4, -0.2) is 15.6 Å². The zero-order chi connectivity index (χ0) is 12.7. The van der Waals surface area contributed by atoms with Gasteiger partial charge in [0.1, 0.15) is 0 Å². The van der Waals surface area contributed by atoms with Crippen molar-refractivity contribution in [2.24, 2.45) is 7.05 Å². The van der Waals surface area contributed by atoms with Gasteiger partial charge in [-0.15, -0.1) is 11.3 Å². The SMILES string of the molecule is Cc1cc(CC(=O)c2cc3c(s2)CCC3)n(C)n1. The van der Waals surface area contributed by atoms with Crippen molar-refractivity contribution in [1.82, 2.24) is 9.78 Å². The van der Waals surface area contributed by atoms with Crippen LogP contribution in [0, 0.1) is 6.92 Å². The van der Waals surface area contributed by atoms with E-state index in [9.17, 15) is 4.79 Å². The van der Waals surface area contributed by atoms with Gasteiger partial charge < -0.3 is 0 Å². The maximum absolute atomic E-state index is 12.3. The molecule has 0 bridgehead atoms. The highest BCUT2D eigenvalue weighted by molar-refractivity contribution is 7.14. The topological polar surface area (TPSA) is 34.9 Å². The third kappa shape index (κ3) is 2.01. The molecule has 0 saturated carbocycles. The molecule has 2 heterocycles. The molecule has 0 fully saturated rings. The fourth-order valence-corrected chi connectivity index (χ4v) is 3.74. The number of rotatable bonds is 3.